The molecule has 4 nitrogen and oxygen atoms in total. The predicted molar refractivity (Wildman–Crippen MR) is 94.1 cm³/mol. The second kappa shape index (κ2) is 6.40. The van der Waals surface area contributed by atoms with Crippen LogP contribution in [-0.4, -0.2) is 29.3 Å². The van der Waals surface area contributed by atoms with Crippen molar-refractivity contribution in [3.63, 3.8) is 0 Å². The first kappa shape index (κ1) is 15.4. The quantitative estimate of drug-likeness (QED) is 0.930. The van der Waals surface area contributed by atoms with Crippen LogP contribution in [0.4, 0.5) is 0 Å². The van der Waals surface area contributed by atoms with Crippen molar-refractivity contribution in [2.45, 2.75) is 38.3 Å². The van der Waals surface area contributed by atoms with E-state index in [9.17, 15) is 9.59 Å². The van der Waals surface area contributed by atoms with Crippen molar-refractivity contribution in [3.05, 3.63) is 57.3 Å². The zero-order valence-electron chi connectivity index (χ0n) is 13.5. The largest absolute Gasteiger partial charge is 0.339 e. The van der Waals surface area contributed by atoms with Crippen LogP contribution in [0, 0.1) is 0 Å². The molecule has 2 amide bonds. The van der Waals surface area contributed by atoms with E-state index in [1.807, 2.05) is 41.3 Å². The molecule has 1 aromatic heterocycles. The number of carbonyl (C=O) groups excluding carboxylic acids is 2. The summed E-state index contributed by atoms with van der Waals surface area (Å²) in [6.45, 7) is 1.30. The number of carbonyl (C=O) groups is 2. The minimum absolute atomic E-state index is 0.0244. The van der Waals surface area contributed by atoms with E-state index in [0.717, 1.165) is 23.3 Å². The Labute approximate surface area is 145 Å². The number of likely N-dealkylation sites (tertiary alicyclic amines) is 1. The lowest BCUT2D eigenvalue weighted by Gasteiger charge is -2.17. The van der Waals surface area contributed by atoms with Crippen molar-refractivity contribution in [1.29, 1.82) is 0 Å². The highest BCUT2D eigenvalue weighted by Gasteiger charge is 2.33. The van der Waals surface area contributed by atoms with Gasteiger partial charge in [-0.25, -0.2) is 0 Å². The summed E-state index contributed by atoms with van der Waals surface area (Å²) in [5.41, 5.74) is 2.43. The van der Waals surface area contributed by atoms with Crippen LogP contribution < -0.4 is 5.32 Å². The van der Waals surface area contributed by atoms with Gasteiger partial charge >= 0.3 is 0 Å². The summed E-state index contributed by atoms with van der Waals surface area (Å²) in [7, 11) is 0. The summed E-state index contributed by atoms with van der Waals surface area (Å²) < 4.78 is 0. The van der Waals surface area contributed by atoms with Crippen LogP contribution in [0.5, 0.6) is 0 Å². The number of benzene rings is 1. The third-order valence-corrected chi connectivity index (χ3v) is 6.03. The highest BCUT2D eigenvalue weighted by Crippen LogP contribution is 2.30. The molecular formula is C19H20N2O2S. The molecule has 2 aliphatic rings. The molecule has 124 valence electrons. The first-order valence-electron chi connectivity index (χ1n) is 8.46. The standard InChI is InChI=1S/C19H20N2O2S/c22-18(17-11-14-7-4-8-16(14)24-17)20-15-9-10-21(19(15)23)12-13-5-2-1-3-6-13/h1-3,5-6,11,15H,4,7-10,12H2,(H,20,22)/t15-/m1/s1. The second-order valence-corrected chi connectivity index (χ2v) is 7.61. The molecule has 0 radical (unpaired) electrons. The highest BCUT2D eigenvalue weighted by atomic mass is 32.1. The van der Waals surface area contributed by atoms with Gasteiger partial charge in [0.15, 0.2) is 0 Å². The summed E-state index contributed by atoms with van der Waals surface area (Å²) in [5, 5.41) is 2.93. The fraction of sp³-hybridized carbons (Fsp3) is 0.368. The Hall–Kier alpha value is -2.14. The first-order valence-corrected chi connectivity index (χ1v) is 9.27. The normalized spacial score (nSPS) is 19.6. The molecule has 24 heavy (non-hydrogen) atoms. The maximum Gasteiger partial charge on any atom is 0.262 e. The van der Waals surface area contributed by atoms with Crippen molar-refractivity contribution >= 4 is 23.2 Å². The number of hydrogen-bond acceptors (Lipinski definition) is 3. The molecule has 1 N–H and O–H groups in total. The van der Waals surface area contributed by atoms with E-state index in [-0.39, 0.29) is 11.8 Å². The third kappa shape index (κ3) is 2.96. The molecule has 1 atom stereocenters. The van der Waals surface area contributed by atoms with Crippen LogP contribution >= 0.6 is 11.3 Å². The van der Waals surface area contributed by atoms with Gasteiger partial charge in [0, 0.05) is 18.0 Å². The van der Waals surface area contributed by atoms with Crippen LogP contribution in [0.2, 0.25) is 0 Å². The zero-order valence-corrected chi connectivity index (χ0v) is 14.3. The van der Waals surface area contributed by atoms with Gasteiger partial charge in [-0.15, -0.1) is 11.3 Å². The Bertz CT molecular complexity index is 747. The van der Waals surface area contributed by atoms with E-state index in [0.29, 0.717) is 19.5 Å². The smallest absolute Gasteiger partial charge is 0.262 e. The Balaban J connectivity index is 1.38. The van der Waals surface area contributed by atoms with Crippen molar-refractivity contribution in [3.8, 4) is 0 Å². The minimum atomic E-state index is -0.391. The van der Waals surface area contributed by atoms with E-state index in [1.54, 1.807) is 11.3 Å². The minimum Gasteiger partial charge on any atom is -0.339 e. The fourth-order valence-electron chi connectivity index (χ4n) is 3.50. The average Bonchev–Trinajstić information content (AvgIpc) is 3.26. The van der Waals surface area contributed by atoms with Gasteiger partial charge in [-0.3, -0.25) is 9.59 Å². The van der Waals surface area contributed by atoms with Crippen molar-refractivity contribution in [2.24, 2.45) is 0 Å². The van der Waals surface area contributed by atoms with Gasteiger partial charge in [0.25, 0.3) is 5.91 Å². The lowest BCUT2D eigenvalue weighted by molar-refractivity contribution is -0.129. The van der Waals surface area contributed by atoms with Gasteiger partial charge in [0.1, 0.15) is 6.04 Å². The Morgan fingerprint density at radius 1 is 1.25 bits per heavy atom. The van der Waals surface area contributed by atoms with Crippen molar-refractivity contribution in [1.82, 2.24) is 10.2 Å². The molecule has 0 bridgehead atoms. The lowest BCUT2D eigenvalue weighted by Crippen LogP contribution is -2.41. The van der Waals surface area contributed by atoms with Gasteiger partial charge < -0.3 is 10.2 Å². The van der Waals surface area contributed by atoms with Crippen LogP contribution in [0.1, 0.15) is 38.5 Å². The van der Waals surface area contributed by atoms with E-state index in [2.05, 4.69) is 5.32 Å². The lowest BCUT2D eigenvalue weighted by atomic mass is 10.2. The number of fused-ring (bicyclic) bond motifs is 1. The Morgan fingerprint density at radius 2 is 2.08 bits per heavy atom. The molecule has 1 fully saturated rings. The molecular weight excluding hydrogens is 320 g/mol. The van der Waals surface area contributed by atoms with Crippen LogP contribution in [0.15, 0.2) is 36.4 Å². The highest BCUT2D eigenvalue weighted by molar-refractivity contribution is 7.14. The molecule has 1 aliphatic carbocycles. The van der Waals surface area contributed by atoms with E-state index in [1.165, 1.54) is 16.9 Å². The molecule has 5 heteroatoms. The number of rotatable bonds is 4. The number of thiophene rings is 1. The SMILES string of the molecule is O=C(N[C@@H]1CCN(Cc2ccccc2)C1=O)c1cc2c(s1)CCC2. The molecule has 2 aromatic rings. The van der Waals surface area contributed by atoms with Crippen LogP contribution in [0.3, 0.4) is 0 Å². The monoisotopic (exact) mass is 340 g/mol. The first-order chi connectivity index (χ1) is 11.7. The fourth-order valence-corrected chi connectivity index (χ4v) is 4.66. The van der Waals surface area contributed by atoms with Gasteiger partial charge in [-0.2, -0.15) is 0 Å². The number of hydrogen-bond donors (Lipinski definition) is 1. The van der Waals surface area contributed by atoms with Gasteiger partial charge in [-0.05, 0) is 42.9 Å². The van der Waals surface area contributed by atoms with Gasteiger partial charge in [-0.1, -0.05) is 30.3 Å². The van der Waals surface area contributed by atoms with Crippen LogP contribution in [0.25, 0.3) is 0 Å². The molecule has 2 heterocycles. The maximum absolute atomic E-state index is 12.5. The Kier molecular flexibility index (Phi) is 4.10. The summed E-state index contributed by atoms with van der Waals surface area (Å²) in [4.78, 5) is 28.9. The number of nitrogens with one attached hydrogen (secondary N) is 1. The predicted octanol–water partition coefficient (Wildman–Crippen LogP) is 2.77. The zero-order chi connectivity index (χ0) is 16.5. The molecule has 1 aliphatic heterocycles. The van der Waals surface area contributed by atoms with Gasteiger partial charge in [0.2, 0.25) is 5.91 Å². The average molecular weight is 340 g/mol. The number of amides is 2. The molecule has 0 saturated carbocycles. The van der Waals surface area contributed by atoms with E-state index < -0.39 is 6.04 Å². The summed E-state index contributed by atoms with van der Waals surface area (Å²) >= 11 is 1.58. The van der Waals surface area contributed by atoms with E-state index in [4.69, 9.17) is 0 Å². The Morgan fingerprint density at radius 3 is 2.88 bits per heavy atom. The molecule has 1 aromatic carbocycles. The molecule has 4 rings (SSSR count). The molecule has 0 unspecified atom stereocenters. The molecule has 1 saturated heterocycles. The number of nitrogens with zero attached hydrogens (tertiary/aromatic N) is 1. The maximum atomic E-state index is 12.5. The van der Waals surface area contributed by atoms with E-state index >= 15 is 0 Å². The third-order valence-electron chi connectivity index (χ3n) is 4.79. The number of aryl methyl sites for hydroxylation is 2. The molecule has 0 spiro atoms. The summed E-state index contributed by atoms with van der Waals surface area (Å²) in [6.07, 6.45) is 4.04. The summed E-state index contributed by atoms with van der Waals surface area (Å²) in [5.74, 6) is -0.0781. The van der Waals surface area contributed by atoms with Crippen molar-refractivity contribution in [2.75, 3.05) is 6.54 Å². The second-order valence-electron chi connectivity index (χ2n) is 6.47. The van der Waals surface area contributed by atoms with Gasteiger partial charge in [0.05, 0.1) is 4.88 Å². The summed E-state index contributed by atoms with van der Waals surface area (Å²) in [6, 6.07) is 11.6. The van der Waals surface area contributed by atoms with Crippen LogP contribution in [-0.2, 0) is 24.2 Å². The van der Waals surface area contributed by atoms with Crippen molar-refractivity contribution < 1.29 is 9.59 Å². The topological polar surface area (TPSA) is 49.4 Å².